The number of terminal acetylenes is 1. The molecule has 4 nitrogen and oxygen atoms in total. The molecule has 17 heavy (non-hydrogen) atoms. The molecule has 0 atom stereocenters. The van der Waals surface area contributed by atoms with Gasteiger partial charge < -0.3 is 5.32 Å². The molecule has 0 saturated heterocycles. The number of nitrogens with zero attached hydrogens (tertiary/aromatic N) is 2. The van der Waals surface area contributed by atoms with Crippen LogP contribution in [0.2, 0.25) is 0 Å². The van der Waals surface area contributed by atoms with Crippen molar-refractivity contribution < 1.29 is 0 Å². The molecule has 0 radical (unpaired) electrons. The average Bonchev–Trinajstić information content (AvgIpc) is 2.55. The summed E-state index contributed by atoms with van der Waals surface area (Å²) in [5.74, 6) is 2.53. The number of benzene rings is 1. The Labute approximate surface area is 99.9 Å². The van der Waals surface area contributed by atoms with Crippen LogP contribution in [0.4, 0.5) is 0 Å². The monoisotopic (exact) mass is 229 g/mol. The first kappa shape index (κ1) is 11.5. The smallest absolute Gasteiger partial charge is 0.302 e. The van der Waals surface area contributed by atoms with E-state index in [9.17, 15) is 4.79 Å². The average molecular weight is 229 g/mol. The fourth-order valence-corrected chi connectivity index (χ4v) is 1.94. The van der Waals surface area contributed by atoms with E-state index in [-0.39, 0.29) is 5.69 Å². The van der Waals surface area contributed by atoms with Gasteiger partial charge >= 0.3 is 5.69 Å². The first-order valence-electron chi connectivity index (χ1n) is 5.43. The second-order valence-corrected chi connectivity index (χ2v) is 4.03. The van der Waals surface area contributed by atoms with Crippen molar-refractivity contribution in [2.75, 3.05) is 6.54 Å². The molecule has 0 bridgehead atoms. The Morgan fingerprint density at radius 2 is 2.00 bits per heavy atom. The second-order valence-electron chi connectivity index (χ2n) is 4.03. The Morgan fingerprint density at radius 1 is 1.29 bits per heavy atom. The van der Waals surface area contributed by atoms with E-state index in [1.165, 1.54) is 0 Å². The van der Waals surface area contributed by atoms with Gasteiger partial charge in [-0.15, -0.1) is 6.42 Å². The minimum atomic E-state index is -0.00580. The maximum Gasteiger partial charge on any atom is 0.328 e. The first-order valence-corrected chi connectivity index (χ1v) is 5.43. The Hall–Kier alpha value is -1.99. The molecule has 0 aliphatic heterocycles. The molecule has 0 saturated carbocycles. The summed E-state index contributed by atoms with van der Waals surface area (Å²) in [6, 6.07) is 5.98. The van der Waals surface area contributed by atoms with Gasteiger partial charge in [-0.25, -0.2) is 4.79 Å². The van der Waals surface area contributed by atoms with Crippen molar-refractivity contribution >= 4 is 11.0 Å². The molecule has 0 aliphatic rings. The van der Waals surface area contributed by atoms with Gasteiger partial charge in [-0.2, -0.15) is 0 Å². The van der Waals surface area contributed by atoms with Gasteiger partial charge in [-0.3, -0.25) is 9.13 Å². The third-order valence-corrected chi connectivity index (χ3v) is 2.89. The summed E-state index contributed by atoms with van der Waals surface area (Å²) in [6.07, 6.45) is 5.17. The number of aryl methyl sites for hydroxylation is 2. The van der Waals surface area contributed by atoms with E-state index in [1.54, 1.807) is 23.2 Å². The van der Waals surface area contributed by atoms with Crippen molar-refractivity contribution in [1.82, 2.24) is 14.5 Å². The lowest BCUT2D eigenvalue weighted by Crippen LogP contribution is -2.19. The minimum absolute atomic E-state index is 0.00580. The van der Waals surface area contributed by atoms with Crippen LogP contribution < -0.4 is 11.0 Å². The number of hydrogen-bond donors (Lipinski definition) is 1. The van der Waals surface area contributed by atoms with Gasteiger partial charge in [0.05, 0.1) is 17.6 Å². The highest BCUT2D eigenvalue weighted by molar-refractivity contribution is 5.76. The second kappa shape index (κ2) is 4.48. The highest BCUT2D eigenvalue weighted by Crippen LogP contribution is 2.13. The third-order valence-electron chi connectivity index (χ3n) is 2.89. The number of fused-ring (bicyclic) bond motifs is 1. The predicted octanol–water partition coefficient (Wildman–Crippen LogP) is 0.600. The molecule has 0 unspecified atom stereocenters. The van der Waals surface area contributed by atoms with Crippen LogP contribution in [0.3, 0.4) is 0 Å². The molecule has 0 aliphatic carbocycles. The molecule has 88 valence electrons. The van der Waals surface area contributed by atoms with E-state index in [4.69, 9.17) is 6.42 Å². The first-order chi connectivity index (χ1) is 8.15. The van der Waals surface area contributed by atoms with Crippen LogP contribution in [0.5, 0.6) is 0 Å². The zero-order valence-electron chi connectivity index (χ0n) is 10.0. The van der Waals surface area contributed by atoms with Crippen molar-refractivity contribution in [2.24, 2.45) is 14.1 Å². The number of rotatable bonds is 3. The number of aromatic nitrogens is 2. The molecule has 0 spiro atoms. The molecule has 0 amide bonds. The lowest BCUT2D eigenvalue weighted by Gasteiger charge is -2.02. The van der Waals surface area contributed by atoms with E-state index >= 15 is 0 Å². The highest BCUT2D eigenvalue weighted by atomic mass is 16.1. The predicted molar refractivity (Wildman–Crippen MR) is 68.7 cm³/mol. The Balaban J connectivity index is 2.41. The van der Waals surface area contributed by atoms with E-state index < -0.39 is 0 Å². The number of nitrogens with one attached hydrogen (secondary N) is 1. The summed E-state index contributed by atoms with van der Waals surface area (Å²) in [4.78, 5) is 11.7. The summed E-state index contributed by atoms with van der Waals surface area (Å²) >= 11 is 0. The van der Waals surface area contributed by atoms with Crippen LogP contribution in [-0.2, 0) is 20.6 Å². The number of hydrogen-bond acceptors (Lipinski definition) is 2. The van der Waals surface area contributed by atoms with Gasteiger partial charge in [0, 0.05) is 20.6 Å². The Morgan fingerprint density at radius 3 is 2.71 bits per heavy atom. The largest absolute Gasteiger partial charge is 0.328 e. The van der Waals surface area contributed by atoms with Crippen molar-refractivity contribution in [1.29, 1.82) is 0 Å². The van der Waals surface area contributed by atoms with E-state index in [1.807, 2.05) is 18.2 Å². The van der Waals surface area contributed by atoms with Crippen LogP contribution in [-0.4, -0.2) is 15.7 Å². The minimum Gasteiger partial charge on any atom is -0.302 e. The zero-order chi connectivity index (χ0) is 12.4. The third kappa shape index (κ3) is 1.97. The maximum atomic E-state index is 11.7. The maximum absolute atomic E-state index is 11.7. The van der Waals surface area contributed by atoms with Crippen LogP contribution >= 0.6 is 0 Å². The summed E-state index contributed by atoms with van der Waals surface area (Å²) in [7, 11) is 3.56. The van der Waals surface area contributed by atoms with Crippen molar-refractivity contribution in [3.8, 4) is 12.3 Å². The van der Waals surface area contributed by atoms with Gasteiger partial charge in [-0.1, -0.05) is 12.0 Å². The van der Waals surface area contributed by atoms with E-state index in [2.05, 4.69) is 11.2 Å². The molecule has 1 aromatic carbocycles. The molecule has 1 N–H and O–H groups in total. The normalized spacial score (nSPS) is 10.6. The lowest BCUT2D eigenvalue weighted by atomic mass is 10.2. The van der Waals surface area contributed by atoms with Crippen LogP contribution in [0.25, 0.3) is 11.0 Å². The van der Waals surface area contributed by atoms with Crippen LogP contribution in [0, 0.1) is 12.3 Å². The zero-order valence-corrected chi connectivity index (χ0v) is 10.0. The SMILES string of the molecule is C#CCNCc1ccc2c(c1)n(C)c(=O)n2C. The van der Waals surface area contributed by atoms with Gasteiger partial charge in [-0.05, 0) is 17.7 Å². The van der Waals surface area contributed by atoms with Crippen molar-refractivity contribution in [2.45, 2.75) is 6.54 Å². The summed E-state index contributed by atoms with van der Waals surface area (Å²) < 4.78 is 3.30. The molecule has 4 heteroatoms. The molecule has 2 aromatic rings. The lowest BCUT2D eigenvalue weighted by molar-refractivity contribution is 0.770. The molecule has 1 heterocycles. The summed E-state index contributed by atoms with van der Waals surface area (Å²) in [5.41, 5.74) is 3.00. The van der Waals surface area contributed by atoms with Crippen molar-refractivity contribution in [3.63, 3.8) is 0 Å². The molecular formula is C13H15N3O. The fraction of sp³-hybridized carbons (Fsp3) is 0.308. The van der Waals surface area contributed by atoms with Gasteiger partial charge in [0.2, 0.25) is 0 Å². The van der Waals surface area contributed by atoms with Gasteiger partial charge in [0.15, 0.2) is 0 Å². The molecule has 0 fully saturated rings. The quantitative estimate of drug-likeness (QED) is 0.618. The Kier molecular flexibility index (Phi) is 3.03. The fourth-order valence-electron chi connectivity index (χ4n) is 1.94. The van der Waals surface area contributed by atoms with E-state index in [0.29, 0.717) is 13.1 Å². The topological polar surface area (TPSA) is 39.0 Å². The molecular weight excluding hydrogens is 214 g/mol. The Bertz CT molecular complexity index is 643. The van der Waals surface area contributed by atoms with E-state index in [0.717, 1.165) is 16.6 Å². The number of imidazole rings is 1. The summed E-state index contributed by atoms with van der Waals surface area (Å²) in [6.45, 7) is 1.26. The molecule has 2 rings (SSSR count). The van der Waals surface area contributed by atoms with Crippen LogP contribution in [0.1, 0.15) is 5.56 Å². The van der Waals surface area contributed by atoms with Crippen molar-refractivity contribution in [3.05, 3.63) is 34.2 Å². The standard InChI is InChI=1S/C13H15N3O/c1-4-7-14-9-10-5-6-11-12(8-10)16(3)13(17)15(11)2/h1,5-6,8,14H,7,9H2,2-3H3. The van der Waals surface area contributed by atoms with Gasteiger partial charge in [0.1, 0.15) is 0 Å². The van der Waals surface area contributed by atoms with Gasteiger partial charge in [0.25, 0.3) is 0 Å². The summed E-state index contributed by atoms with van der Waals surface area (Å²) in [5, 5.41) is 3.13. The molecule has 1 aromatic heterocycles. The highest BCUT2D eigenvalue weighted by Gasteiger charge is 2.07. The van der Waals surface area contributed by atoms with Crippen LogP contribution in [0.15, 0.2) is 23.0 Å².